The summed E-state index contributed by atoms with van der Waals surface area (Å²) in [6.07, 6.45) is 8.70. The van der Waals surface area contributed by atoms with Crippen LogP contribution in [0.3, 0.4) is 0 Å². The molecule has 216 valence electrons. The van der Waals surface area contributed by atoms with Crippen molar-refractivity contribution in [1.29, 1.82) is 0 Å². The van der Waals surface area contributed by atoms with Gasteiger partial charge in [0.1, 0.15) is 11.9 Å². The molecule has 0 bridgehead atoms. The Hall–Kier alpha value is -6.00. The lowest BCUT2D eigenvalue weighted by Crippen LogP contribution is -2.17. The fraction of sp³-hybridized carbons (Fsp3) is 0.0476. The number of benzene rings is 6. The minimum Gasteiger partial charge on any atom is -0.483 e. The van der Waals surface area contributed by atoms with Crippen LogP contribution in [-0.2, 0) is 0 Å². The zero-order valence-corrected chi connectivity index (χ0v) is 24.8. The van der Waals surface area contributed by atoms with Crippen molar-refractivity contribution in [3.63, 3.8) is 0 Å². The molecule has 4 nitrogen and oxygen atoms in total. The normalized spacial score (nSPS) is 17.5. The molecule has 0 fully saturated rings. The monoisotopic (exact) mass is 589 g/mol. The van der Waals surface area contributed by atoms with E-state index >= 15 is 0 Å². The molecule has 8 aromatic rings. The largest absolute Gasteiger partial charge is 0.483 e. The van der Waals surface area contributed by atoms with E-state index in [1.54, 1.807) is 0 Å². The van der Waals surface area contributed by atoms with Gasteiger partial charge in [-0.15, -0.1) is 0 Å². The number of para-hydroxylation sites is 6. The van der Waals surface area contributed by atoms with Crippen LogP contribution in [0.1, 0.15) is 11.5 Å². The summed E-state index contributed by atoms with van der Waals surface area (Å²) in [5.74, 6) is 1.22. The van der Waals surface area contributed by atoms with E-state index in [2.05, 4.69) is 166 Å². The summed E-state index contributed by atoms with van der Waals surface area (Å²) >= 11 is 0. The lowest BCUT2D eigenvalue weighted by molar-refractivity contribution is 0.268. The van der Waals surface area contributed by atoms with E-state index in [-0.39, 0.29) is 12.0 Å². The van der Waals surface area contributed by atoms with Gasteiger partial charge < -0.3 is 18.8 Å². The third kappa shape index (κ3) is 2.99. The van der Waals surface area contributed by atoms with Crippen molar-refractivity contribution in [2.75, 3.05) is 4.90 Å². The van der Waals surface area contributed by atoms with Crippen molar-refractivity contribution < 1.29 is 4.74 Å². The predicted molar refractivity (Wildman–Crippen MR) is 189 cm³/mol. The third-order valence-electron chi connectivity index (χ3n) is 10.1. The molecule has 11 rings (SSSR count). The van der Waals surface area contributed by atoms with Gasteiger partial charge in [-0.1, -0.05) is 91.0 Å². The molecule has 6 aromatic carbocycles. The quantitative estimate of drug-likeness (QED) is 0.200. The van der Waals surface area contributed by atoms with E-state index in [0.29, 0.717) is 0 Å². The van der Waals surface area contributed by atoms with Crippen molar-refractivity contribution in [1.82, 2.24) is 9.13 Å². The Kier molecular flexibility index (Phi) is 4.66. The van der Waals surface area contributed by atoms with Crippen molar-refractivity contribution in [3.8, 4) is 17.1 Å². The van der Waals surface area contributed by atoms with Crippen LogP contribution < -0.4 is 9.64 Å². The van der Waals surface area contributed by atoms with Crippen molar-refractivity contribution in [2.24, 2.45) is 0 Å². The number of allylic oxidation sites excluding steroid dienone is 2. The maximum absolute atomic E-state index is 6.69. The number of rotatable bonds is 2. The van der Waals surface area contributed by atoms with Gasteiger partial charge in [0.05, 0.1) is 44.8 Å². The van der Waals surface area contributed by atoms with Gasteiger partial charge in [0.15, 0.2) is 0 Å². The van der Waals surface area contributed by atoms with Crippen LogP contribution in [0.2, 0.25) is 0 Å². The van der Waals surface area contributed by atoms with E-state index in [1.807, 2.05) is 0 Å². The van der Waals surface area contributed by atoms with Crippen molar-refractivity contribution >= 4 is 60.7 Å². The second-order valence-corrected chi connectivity index (χ2v) is 12.4. The van der Waals surface area contributed by atoms with Crippen LogP contribution in [0.15, 0.2) is 152 Å². The molecule has 2 aromatic heterocycles. The molecule has 1 aliphatic carbocycles. The Morgan fingerprint density at radius 2 is 1.15 bits per heavy atom. The summed E-state index contributed by atoms with van der Waals surface area (Å²) in [4.78, 5) is 2.41. The first-order valence-electron chi connectivity index (χ1n) is 16.0. The Morgan fingerprint density at radius 3 is 2.07 bits per heavy atom. The summed E-state index contributed by atoms with van der Waals surface area (Å²) in [7, 11) is 0. The summed E-state index contributed by atoms with van der Waals surface area (Å²) in [6.45, 7) is 0. The highest BCUT2D eigenvalue weighted by Gasteiger charge is 2.35. The van der Waals surface area contributed by atoms with Gasteiger partial charge in [0.25, 0.3) is 0 Å². The standard InChI is InChI=1S/C42H27N3O/c1-2-12-26(13-3-1)43-32-19-7-8-20-33(32)45-35-25-24-34-39(40(35)30-17-11-21-36(43)41(30)45)29-15-4-6-18-31(29)44(34)37-22-10-16-28-27-14-5-9-23-38(27)46-42(28)37/h1-25,27,38H. The number of nitrogens with zero attached hydrogens (tertiary/aromatic N) is 3. The van der Waals surface area contributed by atoms with Gasteiger partial charge in [-0.3, -0.25) is 0 Å². The Labute approximate surface area is 265 Å². The van der Waals surface area contributed by atoms with Crippen LogP contribution in [0, 0.1) is 0 Å². The molecule has 0 radical (unpaired) electrons. The molecule has 0 spiro atoms. The average Bonchev–Trinajstić information content (AvgIpc) is 3.77. The first-order valence-corrected chi connectivity index (χ1v) is 16.0. The number of fused-ring (bicyclic) bond motifs is 12. The molecule has 2 aliphatic heterocycles. The van der Waals surface area contributed by atoms with E-state index in [4.69, 9.17) is 4.74 Å². The minimum atomic E-state index is 0.0339. The molecule has 4 heteroatoms. The topological polar surface area (TPSA) is 22.3 Å². The Bertz CT molecular complexity index is 2640. The smallest absolute Gasteiger partial charge is 0.148 e. The van der Waals surface area contributed by atoms with Gasteiger partial charge in [-0.25, -0.2) is 0 Å². The summed E-state index contributed by atoms with van der Waals surface area (Å²) in [5.41, 5.74) is 11.9. The molecule has 2 atom stereocenters. The maximum atomic E-state index is 6.69. The van der Waals surface area contributed by atoms with Crippen LogP contribution in [0.25, 0.3) is 55.0 Å². The molecule has 46 heavy (non-hydrogen) atoms. The van der Waals surface area contributed by atoms with Crippen molar-refractivity contribution in [2.45, 2.75) is 12.0 Å². The third-order valence-corrected chi connectivity index (χ3v) is 10.1. The van der Waals surface area contributed by atoms with E-state index in [9.17, 15) is 0 Å². The second-order valence-electron chi connectivity index (χ2n) is 12.4. The second kappa shape index (κ2) is 8.80. The number of hydrogen-bond acceptors (Lipinski definition) is 2. The maximum Gasteiger partial charge on any atom is 0.148 e. The molecule has 0 saturated carbocycles. The van der Waals surface area contributed by atoms with Crippen LogP contribution in [0.5, 0.6) is 5.75 Å². The minimum absolute atomic E-state index is 0.0339. The fourth-order valence-corrected chi connectivity index (χ4v) is 8.34. The van der Waals surface area contributed by atoms with Crippen LogP contribution in [-0.4, -0.2) is 15.2 Å². The van der Waals surface area contributed by atoms with E-state index < -0.39 is 0 Å². The summed E-state index contributed by atoms with van der Waals surface area (Å²) < 4.78 is 11.6. The molecule has 4 heterocycles. The number of anilines is 3. The molecular formula is C42H27N3O. The van der Waals surface area contributed by atoms with Gasteiger partial charge in [0, 0.05) is 38.7 Å². The van der Waals surface area contributed by atoms with Crippen LogP contribution >= 0.6 is 0 Å². The number of hydrogen-bond donors (Lipinski definition) is 0. The Morgan fingerprint density at radius 1 is 0.478 bits per heavy atom. The Balaban J connectivity index is 1.27. The molecular weight excluding hydrogens is 562 g/mol. The zero-order valence-electron chi connectivity index (χ0n) is 24.8. The average molecular weight is 590 g/mol. The highest BCUT2D eigenvalue weighted by atomic mass is 16.5. The van der Waals surface area contributed by atoms with Crippen LogP contribution in [0.4, 0.5) is 17.1 Å². The molecule has 3 aliphatic rings. The SMILES string of the molecule is C1=CC2Oc3c(cccc3-n3c4ccccc4c4c5c6cccc7c6n(c5ccc43)-c3ccccc3N7c3ccccc3)C2C=C1. The fourth-order valence-electron chi connectivity index (χ4n) is 8.34. The molecule has 2 unspecified atom stereocenters. The highest BCUT2D eigenvalue weighted by molar-refractivity contribution is 6.30. The lowest BCUT2D eigenvalue weighted by atomic mass is 9.92. The first kappa shape index (κ1) is 24.3. The molecule has 0 amide bonds. The first-order chi connectivity index (χ1) is 22.9. The van der Waals surface area contributed by atoms with E-state index in [0.717, 1.165) is 17.1 Å². The van der Waals surface area contributed by atoms with Gasteiger partial charge in [-0.05, 0) is 60.7 Å². The zero-order chi connectivity index (χ0) is 29.9. The predicted octanol–water partition coefficient (Wildman–Crippen LogP) is 10.6. The number of ether oxygens (including phenoxy) is 1. The van der Waals surface area contributed by atoms with Gasteiger partial charge in [-0.2, -0.15) is 0 Å². The lowest BCUT2D eigenvalue weighted by Gasteiger charge is -2.33. The highest BCUT2D eigenvalue weighted by Crippen LogP contribution is 2.52. The molecule has 0 saturated heterocycles. The molecule has 0 N–H and O–H groups in total. The summed E-state index contributed by atoms with van der Waals surface area (Å²) in [6, 6.07) is 46.3. The summed E-state index contributed by atoms with van der Waals surface area (Å²) in [5, 5.41) is 5.05. The van der Waals surface area contributed by atoms with Gasteiger partial charge in [0.2, 0.25) is 0 Å². The van der Waals surface area contributed by atoms with E-state index in [1.165, 1.54) is 66.2 Å². The van der Waals surface area contributed by atoms with Crippen molar-refractivity contribution in [3.05, 3.63) is 157 Å². The van der Waals surface area contributed by atoms with Gasteiger partial charge >= 0.3 is 0 Å². The number of aromatic nitrogens is 2.